The second-order valence-electron chi connectivity index (χ2n) is 7.61. The smallest absolute Gasteiger partial charge is 0.322 e. The highest BCUT2D eigenvalue weighted by atomic mass is 16.2. The molecule has 0 radical (unpaired) electrons. The Morgan fingerprint density at radius 1 is 1.14 bits per heavy atom. The van der Waals surface area contributed by atoms with E-state index in [0.717, 1.165) is 30.9 Å². The van der Waals surface area contributed by atoms with Crippen LogP contribution < -0.4 is 10.2 Å². The van der Waals surface area contributed by atoms with Crippen molar-refractivity contribution in [2.24, 2.45) is 5.92 Å². The van der Waals surface area contributed by atoms with Crippen LogP contribution in [0.5, 0.6) is 0 Å². The largest absolute Gasteiger partial charge is 0.367 e. The molecule has 0 saturated carbocycles. The third kappa shape index (κ3) is 3.93. The van der Waals surface area contributed by atoms with Crippen molar-refractivity contribution in [3.8, 4) is 0 Å². The highest BCUT2D eigenvalue weighted by molar-refractivity contribution is 5.93. The molecule has 1 fully saturated rings. The molecule has 0 spiro atoms. The molecule has 1 aliphatic rings. The lowest BCUT2D eigenvalue weighted by atomic mass is 10.1. The number of carbonyl (C=O) groups is 1. The number of H-pyrrole nitrogens is 1. The standard InChI is InChI=1S/C21H26N6O/c1-15(2)12-20-23-13-16(14-24-20)25-21(28)27-10-8-26(9-11-27)19-5-3-4-18-17(19)6-7-22-18/h3-7,13-15,22H,8-12H2,1-2H3,(H,25,28). The van der Waals surface area contributed by atoms with E-state index in [1.165, 1.54) is 11.1 Å². The number of hydrogen-bond donors (Lipinski definition) is 2. The number of nitrogens with one attached hydrogen (secondary N) is 2. The number of benzene rings is 1. The Hall–Kier alpha value is -3.09. The summed E-state index contributed by atoms with van der Waals surface area (Å²) in [5.41, 5.74) is 2.99. The van der Waals surface area contributed by atoms with E-state index < -0.39 is 0 Å². The van der Waals surface area contributed by atoms with Crippen molar-refractivity contribution in [2.75, 3.05) is 36.4 Å². The Balaban J connectivity index is 1.34. The molecule has 146 valence electrons. The van der Waals surface area contributed by atoms with E-state index in [1.807, 2.05) is 11.1 Å². The number of aromatic nitrogens is 3. The Morgan fingerprint density at radius 3 is 2.61 bits per heavy atom. The molecule has 3 heterocycles. The summed E-state index contributed by atoms with van der Waals surface area (Å²) in [7, 11) is 0. The third-order valence-corrected chi connectivity index (χ3v) is 5.03. The number of aromatic amines is 1. The van der Waals surface area contributed by atoms with Crippen molar-refractivity contribution in [3.05, 3.63) is 48.7 Å². The fourth-order valence-corrected chi connectivity index (χ4v) is 3.59. The van der Waals surface area contributed by atoms with Gasteiger partial charge in [-0.3, -0.25) is 0 Å². The van der Waals surface area contributed by atoms with Gasteiger partial charge in [0.15, 0.2) is 0 Å². The fraction of sp³-hybridized carbons (Fsp3) is 0.381. The van der Waals surface area contributed by atoms with Gasteiger partial charge in [-0.1, -0.05) is 19.9 Å². The van der Waals surface area contributed by atoms with Crippen LogP contribution in [0.3, 0.4) is 0 Å². The van der Waals surface area contributed by atoms with Gasteiger partial charge in [0.2, 0.25) is 0 Å². The van der Waals surface area contributed by atoms with Crippen LogP contribution in [0.4, 0.5) is 16.2 Å². The van der Waals surface area contributed by atoms with Crippen LogP contribution in [0.1, 0.15) is 19.7 Å². The van der Waals surface area contributed by atoms with Crippen LogP contribution >= 0.6 is 0 Å². The molecule has 28 heavy (non-hydrogen) atoms. The van der Waals surface area contributed by atoms with E-state index >= 15 is 0 Å². The highest BCUT2D eigenvalue weighted by Gasteiger charge is 2.22. The lowest BCUT2D eigenvalue weighted by Gasteiger charge is -2.36. The maximum atomic E-state index is 12.6. The van der Waals surface area contributed by atoms with Gasteiger partial charge in [0.25, 0.3) is 0 Å². The first-order valence-corrected chi connectivity index (χ1v) is 9.78. The van der Waals surface area contributed by atoms with Crippen molar-refractivity contribution >= 4 is 28.3 Å². The van der Waals surface area contributed by atoms with Crippen molar-refractivity contribution < 1.29 is 4.79 Å². The molecular formula is C21H26N6O. The number of urea groups is 1. The average Bonchev–Trinajstić information content (AvgIpc) is 3.18. The number of amides is 2. The number of piperazine rings is 1. The topological polar surface area (TPSA) is 77.2 Å². The lowest BCUT2D eigenvalue weighted by Crippen LogP contribution is -2.50. The van der Waals surface area contributed by atoms with Gasteiger partial charge in [-0.05, 0) is 24.1 Å². The Bertz CT molecular complexity index is 941. The first-order valence-electron chi connectivity index (χ1n) is 9.78. The van der Waals surface area contributed by atoms with Crippen LogP contribution in [-0.2, 0) is 6.42 Å². The van der Waals surface area contributed by atoms with E-state index in [9.17, 15) is 4.79 Å². The fourth-order valence-electron chi connectivity index (χ4n) is 3.59. The second kappa shape index (κ2) is 7.88. The van der Waals surface area contributed by atoms with Gasteiger partial charge in [-0.2, -0.15) is 0 Å². The van der Waals surface area contributed by atoms with E-state index in [-0.39, 0.29) is 6.03 Å². The Kier molecular flexibility index (Phi) is 5.14. The van der Waals surface area contributed by atoms with Gasteiger partial charge < -0.3 is 20.1 Å². The molecule has 0 bridgehead atoms. The number of rotatable bonds is 4. The molecule has 0 aliphatic carbocycles. The number of carbonyl (C=O) groups excluding carboxylic acids is 1. The average molecular weight is 378 g/mol. The van der Waals surface area contributed by atoms with Crippen LogP contribution in [0.15, 0.2) is 42.9 Å². The molecule has 7 heteroatoms. The molecule has 0 atom stereocenters. The zero-order valence-corrected chi connectivity index (χ0v) is 16.4. The molecule has 1 saturated heterocycles. The molecule has 2 N–H and O–H groups in total. The minimum absolute atomic E-state index is 0.0975. The summed E-state index contributed by atoms with van der Waals surface area (Å²) in [6, 6.07) is 8.29. The summed E-state index contributed by atoms with van der Waals surface area (Å²) in [6.45, 7) is 7.24. The predicted molar refractivity (Wildman–Crippen MR) is 112 cm³/mol. The van der Waals surface area contributed by atoms with Gasteiger partial charge in [0.05, 0.1) is 18.1 Å². The molecular weight excluding hydrogens is 352 g/mol. The number of anilines is 2. The van der Waals surface area contributed by atoms with Crippen LogP contribution in [0.25, 0.3) is 10.9 Å². The summed E-state index contributed by atoms with van der Waals surface area (Å²) < 4.78 is 0. The quantitative estimate of drug-likeness (QED) is 0.728. The summed E-state index contributed by atoms with van der Waals surface area (Å²) in [4.78, 5) is 28.7. The first kappa shape index (κ1) is 18.3. The van der Waals surface area contributed by atoms with Gasteiger partial charge in [0, 0.05) is 55.4 Å². The lowest BCUT2D eigenvalue weighted by molar-refractivity contribution is 0.208. The predicted octanol–water partition coefficient (Wildman–Crippen LogP) is 3.51. The van der Waals surface area contributed by atoms with Crippen molar-refractivity contribution in [2.45, 2.75) is 20.3 Å². The summed E-state index contributed by atoms with van der Waals surface area (Å²) >= 11 is 0. The molecule has 2 amide bonds. The van der Waals surface area contributed by atoms with E-state index in [2.05, 4.69) is 63.3 Å². The molecule has 1 aromatic carbocycles. The van der Waals surface area contributed by atoms with Crippen molar-refractivity contribution in [1.82, 2.24) is 19.9 Å². The van der Waals surface area contributed by atoms with E-state index in [1.54, 1.807) is 12.4 Å². The third-order valence-electron chi connectivity index (χ3n) is 5.03. The Labute approximate surface area is 164 Å². The summed E-state index contributed by atoms with van der Waals surface area (Å²) in [5, 5.41) is 4.13. The molecule has 0 unspecified atom stereocenters. The van der Waals surface area contributed by atoms with Crippen LogP contribution in [-0.4, -0.2) is 52.1 Å². The molecule has 4 rings (SSSR count). The minimum atomic E-state index is -0.0975. The summed E-state index contributed by atoms with van der Waals surface area (Å²) in [6.07, 6.45) is 6.17. The molecule has 1 aliphatic heterocycles. The molecule has 2 aromatic heterocycles. The van der Waals surface area contributed by atoms with Crippen molar-refractivity contribution in [3.63, 3.8) is 0 Å². The van der Waals surface area contributed by atoms with Gasteiger partial charge >= 0.3 is 6.03 Å². The van der Waals surface area contributed by atoms with Crippen LogP contribution in [0.2, 0.25) is 0 Å². The van der Waals surface area contributed by atoms with Gasteiger partial charge in [0.1, 0.15) is 5.82 Å². The molecule has 7 nitrogen and oxygen atoms in total. The van der Waals surface area contributed by atoms with Crippen LogP contribution in [0, 0.1) is 5.92 Å². The number of nitrogens with zero attached hydrogens (tertiary/aromatic N) is 4. The number of fused-ring (bicyclic) bond motifs is 1. The highest BCUT2D eigenvalue weighted by Crippen LogP contribution is 2.27. The van der Waals surface area contributed by atoms with Gasteiger partial charge in [-0.25, -0.2) is 14.8 Å². The number of hydrogen-bond acceptors (Lipinski definition) is 4. The maximum Gasteiger partial charge on any atom is 0.322 e. The van der Waals surface area contributed by atoms with Gasteiger partial charge in [-0.15, -0.1) is 0 Å². The Morgan fingerprint density at radius 2 is 1.89 bits per heavy atom. The van der Waals surface area contributed by atoms with Crippen molar-refractivity contribution in [1.29, 1.82) is 0 Å². The monoisotopic (exact) mass is 378 g/mol. The maximum absolute atomic E-state index is 12.6. The minimum Gasteiger partial charge on any atom is -0.367 e. The SMILES string of the molecule is CC(C)Cc1ncc(NC(=O)N2CCN(c3cccc4[nH]ccc34)CC2)cn1. The van der Waals surface area contributed by atoms with E-state index in [4.69, 9.17) is 0 Å². The summed E-state index contributed by atoms with van der Waals surface area (Å²) in [5.74, 6) is 1.31. The van der Waals surface area contributed by atoms with E-state index in [0.29, 0.717) is 24.7 Å². The normalized spacial score (nSPS) is 14.7. The molecule has 3 aromatic rings. The zero-order chi connectivity index (χ0) is 19.5. The zero-order valence-electron chi connectivity index (χ0n) is 16.4. The first-order chi connectivity index (χ1) is 13.6. The second-order valence-corrected chi connectivity index (χ2v) is 7.61.